The molecule has 0 aliphatic carbocycles. The zero-order valence-corrected chi connectivity index (χ0v) is 16.9. The molecule has 0 saturated carbocycles. The van der Waals surface area contributed by atoms with E-state index in [-0.39, 0.29) is 29.0 Å². The second-order valence-electron chi connectivity index (χ2n) is 6.58. The molecule has 0 radical (unpaired) electrons. The maximum Gasteiger partial charge on any atom is 0.262 e. The van der Waals surface area contributed by atoms with Crippen molar-refractivity contribution >= 4 is 15.7 Å². The Morgan fingerprint density at radius 2 is 2.07 bits per heavy atom. The molecule has 1 aromatic heterocycles. The number of fused-ring (bicyclic) bond motifs is 1. The summed E-state index contributed by atoms with van der Waals surface area (Å²) in [5, 5.41) is 4.16. The first-order chi connectivity index (χ1) is 14.4. The van der Waals surface area contributed by atoms with Gasteiger partial charge in [0.1, 0.15) is 6.61 Å². The third kappa shape index (κ3) is 4.33. The van der Waals surface area contributed by atoms with Crippen molar-refractivity contribution in [3.8, 4) is 17.2 Å². The fourth-order valence-corrected chi connectivity index (χ4v) is 4.05. The second kappa shape index (κ2) is 8.23. The first kappa shape index (κ1) is 20.0. The number of halogens is 1. The third-order valence-electron chi connectivity index (χ3n) is 4.36. The van der Waals surface area contributed by atoms with Gasteiger partial charge in [-0.05, 0) is 37.3 Å². The molecule has 3 aromatic rings. The van der Waals surface area contributed by atoms with E-state index in [1.54, 1.807) is 11.6 Å². The fraction of sp³-hybridized carbons (Fsp3) is 0.250. The Bertz CT molecular complexity index is 1150. The van der Waals surface area contributed by atoms with Crippen molar-refractivity contribution in [2.75, 3.05) is 17.9 Å². The number of rotatable bonds is 7. The lowest BCUT2D eigenvalue weighted by Crippen LogP contribution is -2.33. The maximum absolute atomic E-state index is 14.0. The number of nitrogens with zero attached hydrogens (tertiary/aromatic N) is 2. The molecule has 1 aliphatic rings. The number of benzene rings is 2. The molecule has 1 N–H and O–H groups in total. The molecule has 1 atom stereocenters. The Kier molecular flexibility index (Phi) is 5.49. The van der Waals surface area contributed by atoms with Crippen LogP contribution in [0.1, 0.15) is 6.92 Å². The molecule has 10 heteroatoms. The fourth-order valence-electron chi connectivity index (χ4n) is 3.01. The van der Waals surface area contributed by atoms with Crippen molar-refractivity contribution in [3.05, 3.63) is 60.7 Å². The molecular formula is C20H20FN3O5S. The zero-order valence-electron chi connectivity index (χ0n) is 16.1. The van der Waals surface area contributed by atoms with E-state index in [0.717, 1.165) is 6.07 Å². The molecular weight excluding hydrogens is 413 g/mol. The molecule has 30 heavy (non-hydrogen) atoms. The average molecular weight is 433 g/mol. The molecule has 8 nitrogen and oxygen atoms in total. The molecule has 0 fully saturated rings. The van der Waals surface area contributed by atoms with Crippen LogP contribution in [-0.2, 0) is 16.6 Å². The predicted octanol–water partition coefficient (Wildman–Crippen LogP) is 3.06. The summed E-state index contributed by atoms with van der Waals surface area (Å²) in [4.78, 5) is -0.211. The van der Waals surface area contributed by atoms with E-state index in [1.807, 2.05) is 24.3 Å². The van der Waals surface area contributed by atoms with Gasteiger partial charge in [-0.1, -0.05) is 12.1 Å². The van der Waals surface area contributed by atoms with E-state index in [4.69, 9.17) is 14.2 Å². The van der Waals surface area contributed by atoms with E-state index in [0.29, 0.717) is 24.7 Å². The molecule has 1 aliphatic heterocycles. The van der Waals surface area contributed by atoms with Gasteiger partial charge in [0, 0.05) is 6.20 Å². The number of sulfonamides is 1. The highest BCUT2D eigenvalue weighted by Gasteiger charge is 2.22. The van der Waals surface area contributed by atoms with Gasteiger partial charge in [-0.2, -0.15) is 5.10 Å². The van der Waals surface area contributed by atoms with Crippen LogP contribution >= 0.6 is 0 Å². The van der Waals surface area contributed by atoms with Crippen LogP contribution in [0.5, 0.6) is 17.2 Å². The van der Waals surface area contributed by atoms with Gasteiger partial charge >= 0.3 is 0 Å². The molecule has 158 valence electrons. The van der Waals surface area contributed by atoms with Crippen molar-refractivity contribution in [1.29, 1.82) is 0 Å². The minimum atomic E-state index is -3.98. The normalized spacial score (nSPS) is 15.6. The minimum Gasteiger partial charge on any atom is -0.491 e. The lowest BCUT2D eigenvalue weighted by Gasteiger charge is -2.26. The number of hydrogen-bond acceptors (Lipinski definition) is 6. The quantitative estimate of drug-likeness (QED) is 0.616. The van der Waals surface area contributed by atoms with Gasteiger partial charge in [0.05, 0.1) is 29.9 Å². The van der Waals surface area contributed by atoms with Gasteiger partial charge in [-0.15, -0.1) is 0 Å². The van der Waals surface area contributed by atoms with Crippen molar-refractivity contribution < 1.29 is 27.0 Å². The number of para-hydroxylation sites is 2. The lowest BCUT2D eigenvalue weighted by molar-refractivity contribution is 0.0759. The summed E-state index contributed by atoms with van der Waals surface area (Å²) in [5.41, 5.74) is 0.251. The highest BCUT2D eigenvalue weighted by Crippen LogP contribution is 2.31. The van der Waals surface area contributed by atoms with Crippen molar-refractivity contribution in [2.45, 2.75) is 24.5 Å². The Balaban J connectivity index is 1.42. The molecule has 4 rings (SSSR count). The van der Waals surface area contributed by atoms with E-state index in [2.05, 4.69) is 9.82 Å². The van der Waals surface area contributed by atoms with Gasteiger partial charge in [-0.25, -0.2) is 12.8 Å². The van der Waals surface area contributed by atoms with Crippen LogP contribution in [0.3, 0.4) is 0 Å². The van der Waals surface area contributed by atoms with Gasteiger partial charge in [0.2, 0.25) is 0 Å². The summed E-state index contributed by atoms with van der Waals surface area (Å²) in [7, 11) is -3.98. The van der Waals surface area contributed by atoms with Crippen molar-refractivity contribution in [2.24, 2.45) is 0 Å². The highest BCUT2D eigenvalue weighted by atomic mass is 32.2. The SMILES string of the molecule is CCOc1ccc(S(=O)(=O)Nc2cnn(CC3COc4ccccc4O3)c2)cc1F. The molecule has 1 unspecified atom stereocenters. The summed E-state index contributed by atoms with van der Waals surface area (Å²) in [6.45, 7) is 2.71. The Morgan fingerprint density at radius 1 is 1.27 bits per heavy atom. The molecule has 2 aromatic carbocycles. The smallest absolute Gasteiger partial charge is 0.262 e. The first-order valence-electron chi connectivity index (χ1n) is 9.30. The predicted molar refractivity (Wildman–Crippen MR) is 107 cm³/mol. The maximum atomic E-state index is 14.0. The summed E-state index contributed by atoms with van der Waals surface area (Å²) in [6, 6.07) is 10.9. The van der Waals surface area contributed by atoms with E-state index < -0.39 is 15.8 Å². The Labute approximate surface area is 173 Å². The van der Waals surface area contributed by atoms with Crippen LogP contribution in [0.4, 0.5) is 10.1 Å². The summed E-state index contributed by atoms with van der Waals surface area (Å²) >= 11 is 0. The van der Waals surface area contributed by atoms with Crippen LogP contribution in [-0.4, -0.2) is 37.5 Å². The van der Waals surface area contributed by atoms with E-state index in [9.17, 15) is 12.8 Å². The zero-order chi connectivity index (χ0) is 21.1. The van der Waals surface area contributed by atoms with Crippen LogP contribution in [0.25, 0.3) is 0 Å². The van der Waals surface area contributed by atoms with Crippen LogP contribution < -0.4 is 18.9 Å². The van der Waals surface area contributed by atoms with Crippen LogP contribution in [0.2, 0.25) is 0 Å². The number of ether oxygens (including phenoxy) is 3. The minimum absolute atomic E-state index is 0.000504. The lowest BCUT2D eigenvalue weighted by atomic mass is 10.2. The van der Waals surface area contributed by atoms with Gasteiger partial charge in [0.15, 0.2) is 29.2 Å². The molecule has 0 saturated heterocycles. The number of anilines is 1. The van der Waals surface area contributed by atoms with Gasteiger partial charge < -0.3 is 14.2 Å². The summed E-state index contributed by atoms with van der Waals surface area (Å²) < 4.78 is 59.7. The standard InChI is InChI=1S/C20H20FN3O5S/c1-2-27-18-8-7-16(9-17(18)21)30(25,26)23-14-10-22-24(11-14)12-15-13-28-19-5-3-4-6-20(19)29-15/h3-11,15,23H,2,12-13H2,1H3. The molecule has 2 heterocycles. The van der Waals surface area contributed by atoms with E-state index in [1.165, 1.54) is 24.5 Å². The Hall–Kier alpha value is -3.27. The largest absolute Gasteiger partial charge is 0.491 e. The van der Waals surface area contributed by atoms with Crippen LogP contribution in [0, 0.1) is 5.82 Å². The topological polar surface area (TPSA) is 91.7 Å². The molecule has 0 amide bonds. The average Bonchev–Trinajstić information content (AvgIpc) is 3.15. The van der Waals surface area contributed by atoms with Gasteiger partial charge in [-0.3, -0.25) is 9.40 Å². The third-order valence-corrected chi connectivity index (χ3v) is 5.74. The van der Waals surface area contributed by atoms with Crippen molar-refractivity contribution in [1.82, 2.24) is 9.78 Å². The summed E-state index contributed by atoms with van der Waals surface area (Å²) in [6.07, 6.45) is 2.64. The molecule has 0 bridgehead atoms. The first-order valence-corrected chi connectivity index (χ1v) is 10.8. The molecule has 0 spiro atoms. The van der Waals surface area contributed by atoms with Crippen molar-refractivity contribution in [3.63, 3.8) is 0 Å². The summed E-state index contributed by atoms with van der Waals surface area (Å²) in [5.74, 6) is 0.593. The number of hydrogen-bond donors (Lipinski definition) is 1. The Morgan fingerprint density at radius 3 is 2.83 bits per heavy atom. The number of nitrogens with one attached hydrogen (secondary N) is 1. The monoisotopic (exact) mass is 433 g/mol. The van der Waals surface area contributed by atoms with Crippen LogP contribution in [0.15, 0.2) is 59.8 Å². The highest BCUT2D eigenvalue weighted by molar-refractivity contribution is 7.92. The van der Waals surface area contributed by atoms with E-state index >= 15 is 0 Å². The number of aromatic nitrogens is 2. The second-order valence-corrected chi connectivity index (χ2v) is 8.26. The van der Waals surface area contributed by atoms with Gasteiger partial charge in [0.25, 0.3) is 10.0 Å².